The van der Waals surface area contributed by atoms with Crippen LogP contribution in [0, 0.1) is 12.8 Å². The number of aryl methyl sites for hydroxylation is 2. The van der Waals surface area contributed by atoms with Gasteiger partial charge in [0, 0.05) is 38.3 Å². The van der Waals surface area contributed by atoms with Crippen molar-refractivity contribution in [3.8, 4) is 11.5 Å². The zero-order valence-electron chi connectivity index (χ0n) is 21.2. The highest BCUT2D eigenvalue weighted by Gasteiger charge is 2.13. The summed E-state index contributed by atoms with van der Waals surface area (Å²) < 4.78 is 8.12. The lowest BCUT2D eigenvalue weighted by Gasteiger charge is -2.18. The molecule has 1 N–H and O–H groups in total. The first kappa shape index (κ1) is 24.1. The van der Waals surface area contributed by atoms with Gasteiger partial charge in [0.1, 0.15) is 35.1 Å². The highest BCUT2D eigenvalue weighted by Crippen LogP contribution is 2.31. The SMILES string of the molecule is Cc1cc(Nc2ncnc3cnc(N(C)CC[C@H](C)C=O)nc23)ccc1Oc1ccc2c(c1)ncn2C. The monoisotopic (exact) mass is 496 g/mol. The van der Waals surface area contributed by atoms with Crippen molar-refractivity contribution in [1.82, 2.24) is 29.5 Å². The van der Waals surface area contributed by atoms with Gasteiger partial charge in [0.2, 0.25) is 5.95 Å². The van der Waals surface area contributed by atoms with Gasteiger partial charge in [0.15, 0.2) is 5.82 Å². The lowest BCUT2D eigenvalue weighted by atomic mass is 10.1. The topological polar surface area (TPSA) is 111 Å². The number of hydrogen-bond donors (Lipinski definition) is 1. The second-order valence-electron chi connectivity index (χ2n) is 9.16. The first-order valence-electron chi connectivity index (χ1n) is 12.0. The van der Waals surface area contributed by atoms with Crippen LogP contribution in [0.25, 0.3) is 22.1 Å². The summed E-state index contributed by atoms with van der Waals surface area (Å²) in [6.07, 6.45) is 6.65. The van der Waals surface area contributed by atoms with Gasteiger partial charge >= 0.3 is 0 Å². The maximum absolute atomic E-state index is 10.9. The van der Waals surface area contributed by atoms with E-state index in [0.717, 1.165) is 46.5 Å². The molecule has 0 bridgehead atoms. The van der Waals surface area contributed by atoms with E-state index in [1.54, 1.807) is 12.5 Å². The lowest BCUT2D eigenvalue weighted by molar-refractivity contribution is -0.110. The van der Waals surface area contributed by atoms with Gasteiger partial charge < -0.3 is 24.3 Å². The minimum atomic E-state index is -0.0171. The van der Waals surface area contributed by atoms with Crippen LogP contribution in [0.5, 0.6) is 11.5 Å². The van der Waals surface area contributed by atoms with Gasteiger partial charge in [-0.2, -0.15) is 0 Å². The quantitative estimate of drug-likeness (QED) is 0.287. The van der Waals surface area contributed by atoms with Crippen LogP contribution in [-0.2, 0) is 11.8 Å². The average Bonchev–Trinajstić information content (AvgIpc) is 3.28. The van der Waals surface area contributed by atoms with Gasteiger partial charge in [-0.05, 0) is 49.2 Å². The molecule has 0 aliphatic heterocycles. The van der Waals surface area contributed by atoms with Crippen LogP contribution in [0.1, 0.15) is 18.9 Å². The van der Waals surface area contributed by atoms with Crippen LogP contribution in [0.15, 0.2) is 55.2 Å². The third-order valence-electron chi connectivity index (χ3n) is 6.22. The van der Waals surface area contributed by atoms with Crippen molar-refractivity contribution < 1.29 is 9.53 Å². The fourth-order valence-electron chi connectivity index (χ4n) is 3.97. The smallest absolute Gasteiger partial charge is 0.225 e. The Labute approximate surface area is 214 Å². The number of hydrogen-bond acceptors (Lipinski definition) is 9. The molecule has 3 heterocycles. The Kier molecular flexibility index (Phi) is 6.63. The number of rotatable bonds is 9. The van der Waals surface area contributed by atoms with Crippen LogP contribution < -0.4 is 15.0 Å². The summed E-state index contributed by atoms with van der Waals surface area (Å²) in [6, 6.07) is 11.7. The average molecular weight is 497 g/mol. The summed E-state index contributed by atoms with van der Waals surface area (Å²) in [5, 5.41) is 3.36. The van der Waals surface area contributed by atoms with Gasteiger partial charge in [0.25, 0.3) is 0 Å². The summed E-state index contributed by atoms with van der Waals surface area (Å²) in [5.74, 6) is 2.60. The maximum atomic E-state index is 10.9. The highest BCUT2D eigenvalue weighted by molar-refractivity contribution is 5.87. The Morgan fingerprint density at radius 3 is 2.78 bits per heavy atom. The molecule has 37 heavy (non-hydrogen) atoms. The molecule has 10 heteroatoms. The fraction of sp³-hybridized carbons (Fsp3) is 0.259. The molecule has 0 unspecified atom stereocenters. The summed E-state index contributed by atoms with van der Waals surface area (Å²) in [6.45, 7) is 4.55. The Morgan fingerprint density at radius 1 is 1.11 bits per heavy atom. The largest absolute Gasteiger partial charge is 0.457 e. The van der Waals surface area contributed by atoms with Gasteiger partial charge in [0.05, 0.1) is 23.6 Å². The van der Waals surface area contributed by atoms with Crippen LogP contribution in [0.4, 0.5) is 17.5 Å². The second-order valence-corrected chi connectivity index (χ2v) is 9.16. The van der Waals surface area contributed by atoms with Crippen molar-refractivity contribution in [2.45, 2.75) is 20.3 Å². The molecular weight excluding hydrogens is 468 g/mol. The molecule has 10 nitrogen and oxygen atoms in total. The molecule has 0 saturated carbocycles. The summed E-state index contributed by atoms with van der Waals surface area (Å²) in [5.41, 5.74) is 5.00. The summed E-state index contributed by atoms with van der Waals surface area (Å²) >= 11 is 0. The molecule has 3 aromatic heterocycles. The maximum Gasteiger partial charge on any atom is 0.225 e. The molecule has 0 aliphatic carbocycles. The Balaban J connectivity index is 1.35. The normalized spacial score (nSPS) is 12.0. The minimum Gasteiger partial charge on any atom is -0.457 e. The molecule has 0 saturated heterocycles. The molecule has 5 rings (SSSR count). The predicted molar refractivity (Wildman–Crippen MR) is 143 cm³/mol. The summed E-state index contributed by atoms with van der Waals surface area (Å²) in [4.78, 5) is 35.1. The van der Waals surface area contributed by atoms with Gasteiger partial charge in [-0.25, -0.2) is 24.9 Å². The van der Waals surface area contributed by atoms with E-state index in [-0.39, 0.29) is 5.92 Å². The van der Waals surface area contributed by atoms with E-state index < -0.39 is 0 Å². The van der Waals surface area contributed by atoms with Crippen molar-refractivity contribution in [3.05, 3.63) is 60.8 Å². The number of aldehydes is 1. The second kappa shape index (κ2) is 10.2. The van der Waals surface area contributed by atoms with Gasteiger partial charge in [-0.1, -0.05) is 6.92 Å². The number of carbonyl (C=O) groups is 1. The minimum absolute atomic E-state index is 0.0171. The number of carbonyl (C=O) groups excluding carboxylic acids is 1. The van der Waals surface area contributed by atoms with Crippen molar-refractivity contribution in [3.63, 3.8) is 0 Å². The van der Waals surface area contributed by atoms with E-state index in [2.05, 4.69) is 25.3 Å². The summed E-state index contributed by atoms with van der Waals surface area (Å²) in [7, 11) is 3.87. The van der Waals surface area contributed by atoms with E-state index in [1.165, 1.54) is 6.33 Å². The number of anilines is 3. The molecule has 0 fully saturated rings. The molecule has 0 aliphatic rings. The van der Waals surface area contributed by atoms with E-state index in [9.17, 15) is 4.79 Å². The Hall–Kier alpha value is -4.60. The molecule has 0 spiro atoms. The third kappa shape index (κ3) is 5.18. The standard InChI is InChI=1S/C27H28N8O2/c1-17(14-36)9-10-34(3)27-28-13-22-25(33-27)26(30-15-29-22)32-19-5-8-24(18(2)11-19)37-20-6-7-23-21(12-20)31-16-35(23)4/h5-8,11-17H,9-10H2,1-4H3,(H,29,30,32)/t17-/m0/s1. The molecule has 5 aromatic rings. The molecule has 2 aromatic carbocycles. The molecule has 0 amide bonds. The van der Waals surface area contributed by atoms with Crippen LogP contribution in [0.2, 0.25) is 0 Å². The number of aromatic nitrogens is 6. The van der Waals surface area contributed by atoms with E-state index >= 15 is 0 Å². The molecular formula is C27H28N8O2. The molecule has 0 radical (unpaired) electrons. The highest BCUT2D eigenvalue weighted by atomic mass is 16.5. The van der Waals surface area contributed by atoms with Crippen molar-refractivity contribution in [1.29, 1.82) is 0 Å². The van der Waals surface area contributed by atoms with Crippen LogP contribution in [0.3, 0.4) is 0 Å². The Morgan fingerprint density at radius 2 is 1.97 bits per heavy atom. The van der Waals surface area contributed by atoms with Crippen LogP contribution >= 0.6 is 0 Å². The lowest BCUT2D eigenvalue weighted by Crippen LogP contribution is -2.23. The number of imidazole rings is 1. The van der Waals surface area contributed by atoms with E-state index in [0.29, 0.717) is 29.3 Å². The third-order valence-corrected chi connectivity index (χ3v) is 6.22. The first-order chi connectivity index (χ1) is 17.9. The van der Waals surface area contributed by atoms with Crippen molar-refractivity contribution in [2.75, 3.05) is 23.8 Å². The fourth-order valence-corrected chi connectivity index (χ4v) is 3.97. The number of benzene rings is 2. The zero-order chi connectivity index (χ0) is 25.9. The van der Waals surface area contributed by atoms with Gasteiger partial charge in [-0.15, -0.1) is 0 Å². The van der Waals surface area contributed by atoms with E-state index in [4.69, 9.17) is 9.72 Å². The van der Waals surface area contributed by atoms with E-state index in [1.807, 2.05) is 73.8 Å². The number of ether oxygens (including phenoxy) is 1. The number of nitrogens with zero attached hydrogens (tertiary/aromatic N) is 7. The van der Waals surface area contributed by atoms with Gasteiger partial charge in [-0.3, -0.25) is 0 Å². The van der Waals surface area contributed by atoms with Crippen LogP contribution in [-0.4, -0.2) is 49.4 Å². The van der Waals surface area contributed by atoms with Crippen molar-refractivity contribution in [2.24, 2.45) is 13.0 Å². The number of fused-ring (bicyclic) bond motifs is 2. The first-order valence-corrected chi connectivity index (χ1v) is 12.0. The Bertz CT molecular complexity index is 1580. The molecule has 1 atom stereocenters. The molecule has 188 valence electrons. The zero-order valence-corrected chi connectivity index (χ0v) is 21.2. The predicted octanol–water partition coefficient (Wildman–Crippen LogP) is 4.81. The van der Waals surface area contributed by atoms with Crippen molar-refractivity contribution >= 4 is 45.8 Å². The number of nitrogens with one attached hydrogen (secondary N) is 1.